The van der Waals surface area contributed by atoms with Crippen LogP contribution < -0.4 is 15.5 Å². The Bertz CT molecular complexity index is 1620. The lowest BCUT2D eigenvalue weighted by atomic mass is 9.80. The summed E-state index contributed by atoms with van der Waals surface area (Å²) in [4.78, 5) is 40.3. The van der Waals surface area contributed by atoms with Crippen molar-refractivity contribution in [1.82, 2.24) is 0 Å². The Balaban J connectivity index is 1.09. The van der Waals surface area contributed by atoms with Crippen molar-refractivity contribution >= 4 is 45.5 Å². The largest absolute Gasteiger partial charge is 0.478 e. The van der Waals surface area contributed by atoms with Crippen molar-refractivity contribution in [1.29, 1.82) is 0 Å². The fourth-order valence-electron chi connectivity index (χ4n) is 5.65. The zero-order valence-corrected chi connectivity index (χ0v) is 23.9. The molecule has 2 amide bonds. The quantitative estimate of drug-likeness (QED) is 0.234. The average Bonchev–Trinajstić information content (AvgIpc) is 3.41. The molecule has 2 heterocycles. The van der Waals surface area contributed by atoms with Gasteiger partial charge in [-0.1, -0.05) is 24.3 Å². The molecule has 0 spiro atoms. The van der Waals surface area contributed by atoms with Crippen LogP contribution in [0.15, 0.2) is 78.2 Å². The number of aryl methyl sites for hydroxylation is 1. The van der Waals surface area contributed by atoms with Gasteiger partial charge in [0.2, 0.25) is 0 Å². The number of nitrogens with one attached hydrogen (secondary N) is 2. The van der Waals surface area contributed by atoms with Gasteiger partial charge < -0.3 is 25.4 Å². The van der Waals surface area contributed by atoms with Crippen LogP contribution in [0.2, 0.25) is 0 Å². The maximum absolute atomic E-state index is 13.1. The van der Waals surface area contributed by atoms with E-state index in [1.807, 2.05) is 29.6 Å². The minimum Gasteiger partial charge on any atom is -0.478 e. The van der Waals surface area contributed by atoms with Crippen molar-refractivity contribution in [2.75, 3.05) is 35.7 Å². The molecule has 0 radical (unpaired) electrons. The number of hydrogen-bond donors (Lipinski definition) is 3. The first-order valence-electron chi connectivity index (χ1n) is 13.9. The first-order chi connectivity index (χ1) is 20.4. The molecule has 0 bridgehead atoms. The molecule has 42 heavy (non-hydrogen) atoms. The summed E-state index contributed by atoms with van der Waals surface area (Å²) in [7, 11) is 1.71. The maximum Gasteiger partial charge on any atom is 0.339 e. The molecule has 1 aliphatic carbocycles. The molecule has 3 aromatic carbocycles. The van der Waals surface area contributed by atoms with Gasteiger partial charge in [0, 0.05) is 42.7 Å². The van der Waals surface area contributed by atoms with Crippen molar-refractivity contribution in [2.45, 2.75) is 31.3 Å². The van der Waals surface area contributed by atoms with Crippen LogP contribution in [0.3, 0.4) is 0 Å². The highest BCUT2D eigenvalue weighted by atomic mass is 32.1. The molecule has 6 rings (SSSR count). The number of amides is 2. The number of thiophene rings is 1. The lowest BCUT2D eigenvalue weighted by molar-refractivity contribution is 0.0696. The first-order valence-corrected chi connectivity index (χ1v) is 14.8. The van der Waals surface area contributed by atoms with Gasteiger partial charge in [-0.05, 0) is 95.8 Å². The SMILES string of the molecule is COC1CN(c2ccc(C(=O)Nc3ccc(C(=O)Nc4scc(C5CCc6ccccc6C5)c4C(=O)O)cc3)cc2)C1. The second kappa shape index (κ2) is 11.8. The molecule has 2 aliphatic rings. The molecule has 0 saturated carbocycles. The van der Waals surface area contributed by atoms with Gasteiger partial charge in [-0.25, -0.2) is 4.79 Å². The number of carbonyl (C=O) groups is 3. The molecule has 8 nitrogen and oxygen atoms in total. The molecular weight excluding hydrogens is 550 g/mol. The number of ether oxygens (including phenoxy) is 1. The van der Waals surface area contributed by atoms with E-state index in [9.17, 15) is 19.5 Å². The molecular formula is C33H31N3O5S. The predicted octanol–water partition coefficient (Wildman–Crippen LogP) is 6.06. The van der Waals surface area contributed by atoms with Crippen LogP contribution in [0.1, 0.15) is 60.1 Å². The smallest absolute Gasteiger partial charge is 0.339 e. The van der Waals surface area contributed by atoms with E-state index in [0.717, 1.165) is 43.6 Å². The first kappa shape index (κ1) is 27.7. The molecule has 214 valence electrons. The van der Waals surface area contributed by atoms with Crippen LogP contribution in [0.5, 0.6) is 0 Å². The third kappa shape index (κ3) is 5.66. The van der Waals surface area contributed by atoms with Crippen LogP contribution in [0, 0.1) is 0 Å². The Kier molecular flexibility index (Phi) is 7.78. The minimum atomic E-state index is -1.05. The topological polar surface area (TPSA) is 108 Å². The van der Waals surface area contributed by atoms with Crippen molar-refractivity contribution < 1.29 is 24.2 Å². The summed E-state index contributed by atoms with van der Waals surface area (Å²) < 4.78 is 5.31. The summed E-state index contributed by atoms with van der Waals surface area (Å²) in [6, 6.07) is 22.2. The number of methoxy groups -OCH3 is 1. The van der Waals surface area contributed by atoms with E-state index in [-0.39, 0.29) is 23.5 Å². The Hall–Kier alpha value is -4.47. The fourth-order valence-corrected chi connectivity index (χ4v) is 6.68. The highest BCUT2D eigenvalue weighted by Gasteiger charge is 2.29. The van der Waals surface area contributed by atoms with Gasteiger partial charge in [-0.2, -0.15) is 0 Å². The van der Waals surface area contributed by atoms with E-state index >= 15 is 0 Å². The van der Waals surface area contributed by atoms with Gasteiger partial charge in [-0.3, -0.25) is 9.59 Å². The van der Waals surface area contributed by atoms with Crippen LogP contribution in [0.4, 0.5) is 16.4 Å². The summed E-state index contributed by atoms with van der Waals surface area (Å²) in [6.07, 6.45) is 2.80. The fraction of sp³-hybridized carbons (Fsp3) is 0.242. The van der Waals surface area contributed by atoms with E-state index in [1.165, 1.54) is 22.5 Å². The number of fused-ring (bicyclic) bond motifs is 1. The van der Waals surface area contributed by atoms with Crippen LogP contribution in [-0.4, -0.2) is 49.2 Å². The number of anilines is 3. The Labute approximate surface area is 247 Å². The standard InChI is InChI=1S/C33H31N3O5S/c1-41-27-17-36(18-27)26-14-10-22(11-15-26)30(37)34-25-12-8-21(9-13-25)31(38)35-32-29(33(39)40)28(19-42-32)24-7-6-20-4-2-3-5-23(20)16-24/h2-5,8-15,19,24,27H,6-7,16-18H2,1H3,(H,34,37)(H,35,38)(H,39,40). The Morgan fingerprint density at radius 3 is 2.19 bits per heavy atom. The summed E-state index contributed by atoms with van der Waals surface area (Å²) in [5, 5.41) is 17.9. The molecule has 1 fully saturated rings. The zero-order valence-electron chi connectivity index (χ0n) is 23.1. The number of aromatic carboxylic acids is 1. The molecule has 1 unspecified atom stereocenters. The lowest BCUT2D eigenvalue weighted by Gasteiger charge is -2.40. The lowest BCUT2D eigenvalue weighted by Crippen LogP contribution is -2.51. The van der Waals surface area contributed by atoms with Gasteiger partial charge in [0.05, 0.1) is 11.7 Å². The van der Waals surface area contributed by atoms with Crippen molar-refractivity contribution in [2.24, 2.45) is 0 Å². The number of hydrogen-bond acceptors (Lipinski definition) is 6. The molecule has 1 atom stereocenters. The van der Waals surface area contributed by atoms with E-state index in [2.05, 4.69) is 27.7 Å². The van der Waals surface area contributed by atoms with Crippen LogP contribution >= 0.6 is 11.3 Å². The minimum absolute atomic E-state index is 0.0886. The molecule has 9 heteroatoms. The number of rotatable bonds is 8. The molecule has 1 aliphatic heterocycles. The monoisotopic (exact) mass is 581 g/mol. The zero-order chi connectivity index (χ0) is 29.2. The van der Waals surface area contributed by atoms with E-state index in [0.29, 0.717) is 21.8 Å². The number of carbonyl (C=O) groups excluding carboxylic acids is 2. The van der Waals surface area contributed by atoms with Crippen molar-refractivity contribution in [3.63, 3.8) is 0 Å². The van der Waals surface area contributed by atoms with Gasteiger partial charge in [0.1, 0.15) is 5.00 Å². The van der Waals surface area contributed by atoms with Crippen LogP contribution in [0.25, 0.3) is 0 Å². The van der Waals surface area contributed by atoms with E-state index < -0.39 is 11.9 Å². The van der Waals surface area contributed by atoms with Gasteiger partial charge >= 0.3 is 5.97 Å². The molecule has 4 aromatic rings. The van der Waals surface area contributed by atoms with Gasteiger partial charge in [0.25, 0.3) is 11.8 Å². The van der Waals surface area contributed by atoms with Gasteiger partial charge in [-0.15, -0.1) is 11.3 Å². The van der Waals surface area contributed by atoms with E-state index in [1.54, 1.807) is 43.5 Å². The van der Waals surface area contributed by atoms with Crippen LogP contribution in [-0.2, 0) is 17.6 Å². The highest BCUT2D eigenvalue weighted by Crippen LogP contribution is 2.40. The number of carboxylic acid groups (broad SMARTS) is 1. The summed E-state index contributed by atoms with van der Waals surface area (Å²) in [6.45, 7) is 1.67. The average molecular weight is 582 g/mol. The van der Waals surface area contributed by atoms with E-state index in [4.69, 9.17) is 4.74 Å². The summed E-state index contributed by atoms with van der Waals surface area (Å²) >= 11 is 1.24. The number of benzene rings is 3. The van der Waals surface area contributed by atoms with Crippen molar-refractivity contribution in [3.05, 3.63) is 112 Å². The number of carboxylic acids is 1. The van der Waals surface area contributed by atoms with Crippen molar-refractivity contribution in [3.8, 4) is 0 Å². The molecule has 1 aromatic heterocycles. The Morgan fingerprint density at radius 1 is 0.881 bits per heavy atom. The third-order valence-corrected chi connectivity index (χ3v) is 9.04. The second-order valence-corrected chi connectivity index (χ2v) is 11.6. The summed E-state index contributed by atoms with van der Waals surface area (Å²) in [5.74, 6) is -1.61. The number of nitrogens with zero attached hydrogens (tertiary/aromatic N) is 1. The second-order valence-electron chi connectivity index (χ2n) is 10.7. The Morgan fingerprint density at radius 2 is 1.52 bits per heavy atom. The molecule has 1 saturated heterocycles. The molecule has 3 N–H and O–H groups in total. The summed E-state index contributed by atoms with van der Waals surface area (Å²) in [5.41, 5.74) is 5.98. The predicted molar refractivity (Wildman–Crippen MR) is 164 cm³/mol. The highest BCUT2D eigenvalue weighted by molar-refractivity contribution is 7.15. The van der Waals surface area contributed by atoms with Gasteiger partial charge in [0.15, 0.2) is 0 Å². The normalized spacial score (nSPS) is 16.3. The third-order valence-electron chi connectivity index (χ3n) is 8.13. The maximum atomic E-state index is 13.1.